The fraction of sp³-hybridized carbons (Fsp3) is 0.375. The summed E-state index contributed by atoms with van der Waals surface area (Å²) in [6, 6.07) is 3.59. The average molecular weight is 386 g/mol. The van der Waals surface area contributed by atoms with Crippen molar-refractivity contribution in [2.45, 2.75) is 12.8 Å². The Balaban J connectivity index is 2.58. The molecular formula is C16H20BrNO5. The highest BCUT2D eigenvalue weighted by molar-refractivity contribution is 9.10. The van der Waals surface area contributed by atoms with E-state index >= 15 is 0 Å². The summed E-state index contributed by atoms with van der Waals surface area (Å²) in [4.78, 5) is 22.6. The first kappa shape index (κ1) is 19.0. The van der Waals surface area contributed by atoms with Gasteiger partial charge in [-0.1, -0.05) is 0 Å². The SMILES string of the molecule is COC(=O)CCCNC(=O)/C=C/c1cc(Br)c(OC)c(OC)c1. The summed E-state index contributed by atoms with van der Waals surface area (Å²) in [5.74, 6) is 0.641. The smallest absolute Gasteiger partial charge is 0.305 e. The Labute approximate surface area is 143 Å². The summed E-state index contributed by atoms with van der Waals surface area (Å²) in [5, 5.41) is 2.70. The van der Waals surface area contributed by atoms with Gasteiger partial charge in [-0.05, 0) is 46.1 Å². The van der Waals surface area contributed by atoms with E-state index in [1.165, 1.54) is 13.2 Å². The molecule has 0 aliphatic heterocycles. The number of nitrogens with one attached hydrogen (secondary N) is 1. The fourth-order valence-electron chi connectivity index (χ4n) is 1.81. The molecule has 0 saturated carbocycles. The van der Waals surface area contributed by atoms with E-state index in [0.717, 1.165) is 10.0 Å². The minimum absolute atomic E-state index is 0.235. The van der Waals surface area contributed by atoms with Crippen LogP contribution >= 0.6 is 15.9 Å². The van der Waals surface area contributed by atoms with Gasteiger partial charge >= 0.3 is 5.97 Å². The van der Waals surface area contributed by atoms with E-state index in [9.17, 15) is 9.59 Å². The molecule has 0 aromatic heterocycles. The van der Waals surface area contributed by atoms with Crippen LogP contribution in [0.25, 0.3) is 6.08 Å². The predicted octanol–water partition coefficient (Wildman–Crippen LogP) is 2.55. The Hall–Kier alpha value is -2.02. The van der Waals surface area contributed by atoms with Crippen LogP contribution in [0.2, 0.25) is 0 Å². The van der Waals surface area contributed by atoms with E-state index < -0.39 is 0 Å². The number of carbonyl (C=O) groups is 2. The molecular weight excluding hydrogens is 366 g/mol. The van der Waals surface area contributed by atoms with Crippen molar-refractivity contribution >= 4 is 33.9 Å². The van der Waals surface area contributed by atoms with Crippen LogP contribution in [-0.4, -0.2) is 39.8 Å². The Bertz CT molecular complexity index is 586. The van der Waals surface area contributed by atoms with Gasteiger partial charge in [-0.15, -0.1) is 0 Å². The third-order valence-corrected chi connectivity index (χ3v) is 3.56. The third kappa shape index (κ3) is 6.32. The number of halogens is 1. The van der Waals surface area contributed by atoms with E-state index in [0.29, 0.717) is 24.5 Å². The molecule has 1 aromatic rings. The van der Waals surface area contributed by atoms with Gasteiger partial charge in [-0.2, -0.15) is 0 Å². The molecule has 1 N–H and O–H groups in total. The van der Waals surface area contributed by atoms with Gasteiger partial charge in [0, 0.05) is 19.0 Å². The van der Waals surface area contributed by atoms with E-state index in [1.807, 2.05) is 6.07 Å². The van der Waals surface area contributed by atoms with Crippen molar-refractivity contribution in [1.82, 2.24) is 5.32 Å². The van der Waals surface area contributed by atoms with Crippen molar-refractivity contribution in [2.75, 3.05) is 27.9 Å². The average Bonchev–Trinajstić information content (AvgIpc) is 2.55. The van der Waals surface area contributed by atoms with Crippen LogP contribution in [0.4, 0.5) is 0 Å². The van der Waals surface area contributed by atoms with Crippen LogP contribution in [-0.2, 0) is 14.3 Å². The maximum absolute atomic E-state index is 11.7. The van der Waals surface area contributed by atoms with Gasteiger partial charge in [0.2, 0.25) is 5.91 Å². The first-order chi connectivity index (χ1) is 11.0. The van der Waals surface area contributed by atoms with Gasteiger partial charge in [-0.25, -0.2) is 0 Å². The van der Waals surface area contributed by atoms with Gasteiger partial charge in [0.15, 0.2) is 11.5 Å². The first-order valence-electron chi connectivity index (χ1n) is 6.96. The molecule has 0 radical (unpaired) electrons. The molecule has 6 nitrogen and oxygen atoms in total. The molecule has 1 aromatic carbocycles. The normalized spacial score (nSPS) is 10.4. The maximum Gasteiger partial charge on any atom is 0.305 e. The lowest BCUT2D eigenvalue weighted by Gasteiger charge is -2.10. The lowest BCUT2D eigenvalue weighted by molar-refractivity contribution is -0.140. The molecule has 0 heterocycles. The molecule has 1 amide bonds. The molecule has 0 saturated heterocycles. The van der Waals surface area contributed by atoms with E-state index in [-0.39, 0.29) is 18.3 Å². The summed E-state index contributed by atoms with van der Waals surface area (Å²) >= 11 is 3.39. The summed E-state index contributed by atoms with van der Waals surface area (Å²) in [6.45, 7) is 0.411. The number of methoxy groups -OCH3 is 3. The largest absolute Gasteiger partial charge is 0.493 e. The van der Waals surface area contributed by atoms with Crippen LogP contribution in [0.1, 0.15) is 18.4 Å². The number of ether oxygens (including phenoxy) is 3. The van der Waals surface area contributed by atoms with Gasteiger partial charge < -0.3 is 19.5 Å². The van der Waals surface area contributed by atoms with Crippen molar-refractivity contribution in [3.05, 3.63) is 28.2 Å². The third-order valence-electron chi connectivity index (χ3n) is 2.97. The predicted molar refractivity (Wildman–Crippen MR) is 90.5 cm³/mol. The molecule has 0 spiro atoms. The van der Waals surface area contributed by atoms with Crippen LogP contribution in [0, 0.1) is 0 Å². The van der Waals surface area contributed by atoms with Gasteiger partial charge in [-0.3, -0.25) is 9.59 Å². The zero-order valence-corrected chi connectivity index (χ0v) is 14.9. The Morgan fingerprint density at radius 3 is 2.57 bits per heavy atom. The molecule has 1 rings (SSSR count). The molecule has 0 atom stereocenters. The van der Waals surface area contributed by atoms with Gasteiger partial charge in [0.1, 0.15) is 0 Å². The fourth-order valence-corrected chi connectivity index (χ4v) is 2.43. The second-order valence-electron chi connectivity index (χ2n) is 4.54. The number of hydrogen-bond donors (Lipinski definition) is 1. The minimum atomic E-state index is -0.287. The van der Waals surface area contributed by atoms with Gasteiger partial charge in [0.25, 0.3) is 0 Å². The zero-order chi connectivity index (χ0) is 17.2. The van der Waals surface area contributed by atoms with Crippen LogP contribution in [0.5, 0.6) is 11.5 Å². The van der Waals surface area contributed by atoms with Crippen molar-refractivity contribution in [1.29, 1.82) is 0 Å². The Kier molecular flexibility index (Phi) is 8.18. The lowest BCUT2D eigenvalue weighted by atomic mass is 10.2. The molecule has 126 valence electrons. The monoisotopic (exact) mass is 385 g/mol. The van der Waals surface area contributed by atoms with Crippen molar-refractivity contribution < 1.29 is 23.8 Å². The zero-order valence-electron chi connectivity index (χ0n) is 13.3. The quantitative estimate of drug-likeness (QED) is 0.422. The number of benzene rings is 1. The summed E-state index contributed by atoms with van der Waals surface area (Å²) in [6.07, 6.45) is 3.91. The molecule has 0 bridgehead atoms. The summed E-state index contributed by atoms with van der Waals surface area (Å²) < 4.78 is 15.7. The first-order valence-corrected chi connectivity index (χ1v) is 7.75. The highest BCUT2D eigenvalue weighted by Crippen LogP contribution is 2.36. The van der Waals surface area contributed by atoms with E-state index in [2.05, 4.69) is 26.0 Å². The number of amides is 1. The number of esters is 1. The summed E-state index contributed by atoms with van der Waals surface area (Å²) in [5.41, 5.74) is 0.791. The highest BCUT2D eigenvalue weighted by Gasteiger charge is 2.09. The van der Waals surface area contributed by atoms with Crippen LogP contribution < -0.4 is 14.8 Å². The second-order valence-corrected chi connectivity index (χ2v) is 5.40. The van der Waals surface area contributed by atoms with E-state index in [4.69, 9.17) is 9.47 Å². The molecule has 0 fully saturated rings. The number of carbonyl (C=O) groups excluding carboxylic acids is 2. The maximum atomic E-state index is 11.7. The van der Waals surface area contributed by atoms with Crippen molar-refractivity contribution in [3.63, 3.8) is 0 Å². The van der Waals surface area contributed by atoms with E-state index in [1.54, 1.807) is 26.4 Å². The Morgan fingerprint density at radius 2 is 1.96 bits per heavy atom. The highest BCUT2D eigenvalue weighted by atomic mass is 79.9. The molecule has 0 aliphatic carbocycles. The summed E-state index contributed by atoms with van der Waals surface area (Å²) in [7, 11) is 4.44. The van der Waals surface area contributed by atoms with Gasteiger partial charge in [0.05, 0.1) is 25.8 Å². The molecule has 0 unspecified atom stereocenters. The lowest BCUT2D eigenvalue weighted by Crippen LogP contribution is -2.22. The van der Waals surface area contributed by atoms with Crippen LogP contribution in [0.15, 0.2) is 22.7 Å². The number of hydrogen-bond acceptors (Lipinski definition) is 5. The van der Waals surface area contributed by atoms with Crippen LogP contribution in [0.3, 0.4) is 0 Å². The molecule has 0 aliphatic rings. The second kappa shape index (κ2) is 9.89. The topological polar surface area (TPSA) is 73.9 Å². The van der Waals surface area contributed by atoms with Crippen molar-refractivity contribution in [3.8, 4) is 11.5 Å². The van der Waals surface area contributed by atoms with Crippen molar-refractivity contribution in [2.24, 2.45) is 0 Å². The standard InChI is InChI=1S/C16H20BrNO5/c1-21-13-10-11(9-12(17)16(13)23-3)6-7-14(19)18-8-4-5-15(20)22-2/h6-7,9-10H,4-5,8H2,1-3H3,(H,18,19)/b7-6+. The Morgan fingerprint density at radius 1 is 1.22 bits per heavy atom. The molecule has 23 heavy (non-hydrogen) atoms. The molecule has 7 heteroatoms. The number of rotatable bonds is 8. The minimum Gasteiger partial charge on any atom is -0.493 e.